The minimum Gasteiger partial charge on any atom is -0.370 e. The van der Waals surface area contributed by atoms with Crippen molar-refractivity contribution in [2.75, 3.05) is 13.2 Å². The summed E-state index contributed by atoms with van der Waals surface area (Å²) in [6.07, 6.45) is 5.41. The fraction of sp³-hybridized carbons (Fsp3) is 0.625. The first kappa shape index (κ1) is 13.6. The summed E-state index contributed by atoms with van der Waals surface area (Å²) in [6.45, 7) is 4.14. The van der Waals surface area contributed by atoms with Gasteiger partial charge in [-0.1, -0.05) is 53.9 Å². The molecule has 3 unspecified atom stereocenters. The van der Waals surface area contributed by atoms with Crippen LogP contribution in [0.1, 0.15) is 44.3 Å². The van der Waals surface area contributed by atoms with E-state index in [1.165, 1.54) is 31.2 Å². The molecule has 1 heterocycles. The molecule has 0 radical (unpaired) electrons. The molecule has 1 saturated carbocycles. The van der Waals surface area contributed by atoms with E-state index >= 15 is 0 Å². The van der Waals surface area contributed by atoms with Gasteiger partial charge in [0.15, 0.2) is 0 Å². The van der Waals surface area contributed by atoms with Crippen molar-refractivity contribution in [2.24, 2.45) is 5.92 Å². The average Bonchev–Trinajstić information content (AvgIpc) is 2.40. The van der Waals surface area contributed by atoms with Crippen LogP contribution in [0.4, 0.5) is 0 Å². The largest absolute Gasteiger partial charge is 0.370 e. The summed E-state index contributed by atoms with van der Waals surface area (Å²) in [5.74, 6) is 0.824. The number of rotatable bonds is 1. The van der Waals surface area contributed by atoms with Gasteiger partial charge in [0.25, 0.3) is 0 Å². The van der Waals surface area contributed by atoms with Crippen LogP contribution in [0.5, 0.6) is 0 Å². The summed E-state index contributed by atoms with van der Waals surface area (Å²) in [6, 6.07) is 8.37. The second-order valence-corrected chi connectivity index (χ2v) is 7.04. The van der Waals surface area contributed by atoms with E-state index in [1.807, 2.05) is 6.07 Å². The van der Waals surface area contributed by atoms with Crippen molar-refractivity contribution >= 4 is 15.9 Å². The van der Waals surface area contributed by atoms with Crippen molar-refractivity contribution in [2.45, 2.75) is 44.2 Å². The lowest BCUT2D eigenvalue weighted by Crippen LogP contribution is -2.57. The number of nitrogens with one attached hydrogen (secondary N) is 1. The van der Waals surface area contributed by atoms with Gasteiger partial charge in [0.2, 0.25) is 0 Å². The Bertz CT molecular complexity index is 440. The lowest BCUT2D eigenvalue weighted by Gasteiger charge is -2.45. The molecule has 3 atom stereocenters. The minimum atomic E-state index is 0.179. The SMILES string of the molecule is CC1CCCC2(COC(c3ccccc3Br)CN2)C1. The molecule has 1 aliphatic carbocycles. The molecule has 1 aromatic carbocycles. The van der Waals surface area contributed by atoms with Crippen LogP contribution in [0.25, 0.3) is 0 Å². The van der Waals surface area contributed by atoms with E-state index in [0.717, 1.165) is 23.5 Å². The summed E-state index contributed by atoms with van der Waals surface area (Å²) in [7, 11) is 0. The highest BCUT2D eigenvalue weighted by molar-refractivity contribution is 9.10. The fourth-order valence-corrected chi connectivity index (χ4v) is 4.11. The Morgan fingerprint density at radius 2 is 2.21 bits per heavy atom. The zero-order valence-electron chi connectivity index (χ0n) is 11.5. The molecule has 1 N–H and O–H groups in total. The molecular formula is C16H22BrNO. The lowest BCUT2D eigenvalue weighted by molar-refractivity contribution is -0.0530. The number of benzene rings is 1. The number of hydrogen-bond acceptors (Lipinski definition) is 2. The number of morpholine rings is 1. The van der Waals surface area contributed by atoms with Crippen molar-refractivity contribution in [3.63, 3.8) is 0 Å². The van der Waals surface area contributed by atoms with Gasteiger partial charge in [0.1, 0.15) is 0 Å². The van der Waals surface area contributed by atoms with E-state index in [9.17, 15) is 0 Å². The van der Waals surface area contributed by atoms with Crippen LogP contribution in [0.3, 0.4) is 0 Å². The first-order valence-electron chi connectivity index (χ1n) is 7.30. The highest BCUT2D eigenvalue weighted by Gasteiger charge is 2.39. The monoisotopic (exact) mass is 323 g/mol. The van der Waals surface area contributed by atoms with E-state index in [4.69, 9.17) is 4.74 Å². The molecule has 1 saturated heterocycles. The van der Waals surface area contributed by atoms with Crippen LogP contribution < -0.4 is 5.32 Å². The van der Waals surface area contributed by atoms with Crippen molar-refractivity contribution < 1.29 is 4.74 Å². The third-order valence-corrected chi connectivity index (χ3v) is 5.29. The highest BCUT2D eigenvalue weighted by Crippen LogP contribution is 2.37. The summed E-state index contributed by atoms with van der Waals surface area (Å²) in [5.41, 5.74) is 1.50. The normalized spacial score (nSPS) is 35.5. The molecule has 3 heteroatoms. The van der Waals surface area contributed by atoms with Gasteiger partial charge in [-0.25, -0.2) is 0 Å². The third-order valence-electron chi connectivity index (χ3n) is 4.57. The topological polar surface area (TPSA) is 21.3 Å². The molecule has 1 spiro atoms. The minimum absolute atomic E-state index is 0.179. The molecule has 3 rings (SSSR count). The quantitative estimate of drug-likeness (QED) is 0.841. The van der Waals surface area contributed by atoms with Gasteiger partial charge >= 0.3 is 0 Å². The second kappa shape index (κ2) is 5.55. The second-order valence-electron chi connectivity index (χ2n) is 6.18. The molecule has 19 heavy (non-hydrogen) atoms. The Morgan fingerprint density at radius 3 is 2.89 bits per heavy atom. The highest BCUT2D eigenvalue weighted by atomic mass is 79.9. The van der Waals surface area contributed by atoms with Gasteiger partial charge in [0.05, 0.1) is 12.7 Å². The van der Waals surface area contributed by atoms with E-state index in [0.29, 0.717) is 0 Å². The van der Waals surface area contributed by atoms with E-state index in [-0.39, 0.29) is 11.6 Å². The molecule has 0 bridgehead atoms. The van der Waals surface area contributed by atoms with Gasteiger partial charge in [0, 0.05) is 16.6 Å². The van der Waals surface area contributed by atoms with Gasteiger partial charge < -0.3 is 10.1 Å². The van der Waals surface area contributed by atoms with Crippen LogP contribution in [-0.4, -0.2) is 18.7 Å². The van der Waals surface area contributed by atoms with Crippen molar-refractivity contribution in [3.05, 3.63) is 34.3 Å². The number of halogens is 1. The number of ether oxygens (including phenoxy) is 1. The van der Waals surface area contributed by atoms with E-state index < -0.39 is 0 Å². The molecule has 2 fully saturated rings. The summed E-state index contributed by atoms with van der Waals surface area (Å²) in [4.78, 5) is 0. The Balaban J connectivity index is 1.68. The Labute approximate surface area is 124 Å². The summed E-state index contributed by atoms with van der Waals surface area (Å²) >= 11 is 3.62. The third kappa shape index (κ3) is 2.88. The van der Waals surface area contributed by atoms with E-state index in [2.05, 4.69) is 46.4 Å². The van der Waals surface area contributed by atoms with Crippen LogP contribution in [0.15, 0.2) is 28.7 Å². The van der Waals surface area contributed by atoms with Crippen molar-refractivity contribution in [3.8, 4) is 0 Å². The molecule has 2 aliphatic rings. The zero-order chi connectivity index (χ0) is 13.3. The Kier molecular flexibility index (Phi) is 3.97. The molecule has 0 amide bonds. The molecule has 104 valence electrons. The maximum atomic E-state index is 6.19. The van der Waals surface area contributed by atoms with E-state index in [1.54, 1.807) is 0 Å². The molecule has 1 aromatic rings. The maximum absolute atomic E-state index is 6.19. The van der Waals surface area contributed by atoms with Gasteiger partial charge in [-0.15, -0.1) is 0 Å². The smallest absolute Gasteiger partial charge is 0.0961 e. The number of hydrogen-bond donors (Lipinski definition) is 1. The van der Waals surface area contributed by atoms with Crippen LogP contribution in [0, 0.1) is 5.92 Å². The van der Waals surface area contributed by atoms with Crippen molar-refractivity contribution in [1.82, 2.24) is 5.32 Å². The molecule has 1 aliphatic heterocycles. The Morgan fingerprint density at radius 1 is 1.37 bits per heavy atom. The average molecular weight is 324 g/mol. The summed E-state index contributed by atoms with van der Waals surface area (Å²) in [5, 5.41) is 3.79. The predicted molar refractivity (Wildman–Crippen MR) is 81.2 cm³/mol. The fourth-order valence-electron chi connectivity index (χ4n) is 3.57. The van der Waals surface area contributed by atoms with Crippen LogP contribution in [-0.2, 0) is 4.74 Å². The zero-order valence-corrected chi connectivity index (χ0v) is 13.1. The predicted octanol–water partition coefficient (Wildman–Crippen LogP) is 4.06. The molecular weight excluding hydrogens is 302 g/mol. The lowest BCUT2D eigenvalue weighted by atomic mass is 9.76. The van der Waals surface area contributed by atoms with Crippen LogP contribution in [0.2, 0.25) is 0 Å². The standard InChI is InChI=1S/C16H22BrNO/c1-12-5-4-8-16(9-12)11-19-15(10-18-16)13-6-2-3-7-14(13)17/h2-3,6-7,12,15,18H,4-5,8-11H2,1H3. The summed E-state index contributed by atoms with van der Waals surface area (Å²) < 4.78 is 7.34. The Hall–Kier alpha value is -0.380. The van der Waals surface area contributed by atoms with Gasteiger partial charge in [-0.05, 0) is 30.4 Å². The van der Waals surface area contributed by atoms with Gasteiger partial charge in [-0.2, -0.15) is 0 Å². The first-order valence-corrected chi connectivity index (χ1v) is 8.09. The molecule has 2 nitrogen and oxygen atoms in total. The molecule has 0 aromatic heterocycles. The van der Waals surface area contributed by atoms with Crippen molar-refractivity contribution in [1.29, 1.82) is 0 Å². The maximum Gasteiger partial charge on any atom is 0.0961 e. The first-order chi connectivity index (χ1) is 9.19. The van der Waals surface area contributed by atoms with Crippen LogP contribution >= 0.6 is 15.9 Å². The van der Waals surface area contributed by atoms with Gasteiger partial charge in [-0.3, -0.25) is 0 Å².